The van der Waals surface area contributed by atoms with Gasteiger partial charge in [0.15, 0.2) is 0 Å². The molecule has 1 heteroatoms. The molecule has 1 aliphatic rings. The highest BCUT2D eigenvalue weighted by molar-refractivity contribution is 5.23. The van der Waals surface area contributed by atoms with Crippen LogP contribution in [0.3, 0.4) is 0 Å². The molecule has 94 valence electrons. The molecule has 1 saturated carbocycles. The fourth-order valence-electron chi connectivity index (χ4n) is 2.73. The molecular weight excluding hydrogens is 206 g/mol. The molecule has 0 bridgehead atoms. The zero-order valence-corrected chi connectivity index (χ0v) is 11.4. The summed E-state index contributed by atoms with van der Waals surface area (Å²) in [4.78, 5) is 0. The van der Waals surface area contributed by atoms with Crippen LogP contribution >= 0.6 is 0 Å². The fourth-order valence-corrected chi connectivity index (χ4v) is 2.73. The Balaban J connectivity index is 1.88. The Morgan fingerprint density at radius 1 is 1.06 bits per heavy atom. The minimum atomic E-state index is 0.481. The summed E-state index contributed by atoms with van der Waals surface area (Å²) < 4.78 is 0. The van der Waals surface area contributed by atoms with E-state index < -0.39 is 0 Å². The molecule has 1 fully saturated rings. The van der Waals surface area contributed by atoms with Gasteiger partial charge in [0.05, 0.1) is 0 Å². The van der Waals surface area contributed by atoms with Gasteiger partial charge < -0.3 is 5.32 Å². The van der Waals surface area contributed by atoms with Crippen LogP contribution in [0.5, 0.6) is 0 Å². The van der Waals surface area contributed by atoms with Crippen LogP contribution in [0.1, 0.15) is 56.7 Å². The molecule has 1 aromatic rings. The summed E-state index contributed by atoms with van der Waals surface area (Å²) in [5, 5.41) is 3.78. The SMILES string of the molecule is Cc1ccc([C@@H](C)NC2CCC(C)CC2)cc1. The van der Waals surface area contributed by atoms with Gasteiger partial charge in [-0.2, -0.15) is 0 Å². The zero-order valence-electron chi connectivity index (χ0n) is 11.4. The number of nitrogens with one attached hydrogen (secondary N) is 1. The van der Waals surface area contributed by atoms with Crippen molar-refractivity contribution in [2.24, 2.45) is 5.92 Å². The Kier molecular flexibility index (Phi) is 4.22. The first-order valence-corrected chi connectivity index (χ1v) is 6.98. The van der Waals surface area contributed by atoms with Crippen LogP contribution in [0.15, 0.2) is 24.3 Å². The molecule has 1 aliphatic carbocycles. The first kappa shape index (κ1) is 12.6. The molecule has 0 aromatic heterocycles. The quantitative estimate of drug-likeness (QED) is 0.821. The second-order valence-electron chi connectivity index (χ2n) is 5.76. The molecule has 0 amide bonds. The van der Waals surface area contributed by atoms with E-state index in [0.717, 1.165) is 12.0 Å². The summed E-state index contributed by atoms with van der Waals surface area (Å²) in [6.07, 6.45) is 5.46. The lowest BCUT2D eigenvalue weighted by molar-refractivity contribution is 0.292. The van der Waals surface area contributed by atoms with Crippen LogP contribution in [-0.2, 0) is 0 Å². The Hall–Kier alpha value is -0.820. The van der Waals surface area contributed by atoms with Gasteiger partial charge in [-0.05, 0) is 51.0 Å². The van der Waals surface area contributed by atoms with Crippen LogP contribution in [0.25, 0.3) is 0 Å². The second-order valence-corrected chi connectivity index (χ2v) is 5.76. The first-order chi connectivity index (χ1) is 8.15. The minimum Gasteiger partial charge on any atom is -0.307 e. The lowest BCUT2D eigenvalue weighted by atomic mass is 9.87. The van der Waals surface area contributed by atoms with Gasteiger partial charge >= 0.3 is 0 Å². The van der Waals surface area contributed by atoms with E-state index in [1.54, 1.807) is 0 Å². The van der Waals surface area contributed by atoms with Gasteiger partial charge in [0.2, 0.25) is 0 Å². The molecule has 17 heavy (non-hydrogen) atoms. The molecule has 0 radical (unpaired) electrons. The number of hydrogen-bond donors (Lipinski definition) is 1. The van der Waals surface area contributed by atoms with Crippen molar-refractivity contribution in [3.05, 3.63) is 35.4 Å². The maximum Gasteiger partial charge on any atom is 0.0294 e. The number of rotatable bonds is 3. The van der Waals surface area contributed by atoms with Crippen molar-refractivity contribution < 1.29 is 0 Å². The maximum absolute atomic E-state index is 3.78. The van der Waals surface area contributed by atoms with Gasteiger partial charge in [-0.15, -0.1) is 0 Å². The zero-order chi connectivity index (χ0) is 12.3. The smallest absolute Gasteiger partial charge is 0.0294 e. The van der Waals surface area contributed by atoms with E-state index >= 15 is 0 Å². The lowest BCUT2D eigenvalue weighted by Gasteiger charge is -2.29. The predicted molar refractivity (Wildman–Crippen MR) is 74.1 cm³/mol. The summed E-state index contributed by atoms with van der Waals surface area (Å²) in [5.41, 5.74) is 2.75. The Bertz CT molecular complexity index is 333. The van der Waals surface area contributed by atoms with Gasteiger partial charge in [-0.1, -0.05) is 36.8 Å². The van der Waals surface area contributed by atoms with Gasteiger partial charge in [-0.3, -0.25) is 0 Å². The van der Waals surface area contributed by atoms with Crippen molar-refractivity contribution in [3.8, 4) is 0 Å². The van der Waals surface area contributed by atoms with E-state index in [4.69, 9.17) is 0 Å². The molecule has 1 nitrogen and oxygen atoms in total. The third kappa shape index (κ3) is 3.57. The Morgan fingerprint density at radius 2 is 1.65 bits per heavy atom. The maximum atomic E-state index is 3.78. The van der Waals surface area contributed by atoms with E-state index in [1.165, 1.54) is 36.8 Å². The van der Waals surface area contributed by atoms with Crippen LogP contribution in [0, 0.1) is 12.8 Å². The Morgan fingerprint density at radius 3 is 2.24 bits per heavy atom. The van der Waals surface area contributed by atoms with Gasteiger partial charge in [-0.25, -0.2) is 0 Å². The standard InChI is InChI=1S/C16H25N/c1-12-4-8-15(9-5-12)14(3)17-16-10-6-13(2)7-11-16/h4-5,8-9,13-14,16-17H,6-7,10-11H2,1-3H3/t13?,14-,16?/m1/s1. The van der Waals surface area contributed by atoms with Crippen molar-refractivity contribution >= 4 is 0 Å². The van der Waals surface area contributed by atoms with Crippen LogP contribution in [0.4, 0.5) is 0 Å². The molecule has 0 aliphatic heterocycles. The molecule has 0 unspecified atom stereocenters. The van der Waals surface area contributed by atoms with E-state index in [1.807, 2.05) is 0 Å². The van der Waals surface area contributed by atoms with Crippen molar-refractivity contribution in [2.75, 3.05) is 0 Å². The summed E-state index contributed by atoms with van der Waals surface area (Å²) in [5.74, 6) is 0.933. The molecule has 0 saturated heterocycles. The largest absolute Gasteiger partial charge is 0.307 e. The van der Waals surface area contributed by atoms with E-state index in [0.29, 0.717) is 6.04 Å². The molecule has 2 rings (SSSR count). The average molecular weight is 231 g/mol. The third-order valence-electron chi connectivity index (χ3n) is 4.08. The van der Waals surface area contributed by atoms with E-state index in [-0.39, 0.29) is 0 Å². The van der Waals surface area contributed by atoms with Crippen molar-refractivity contribution in [3.63, 3.8) is 0 Å². The van der Waals surface area contributed by atoms with Crippen LogP contribution in [-0.4, -0.2) is 6.04 Å². The highest BCUT2D eigenvalue weighted by Gasteiger charge is 2.19. The Labute approximate surface area is 106 Å². The predicted octanol–water partition coefficient (Wildman–Crippen LogP) is 4.22. The van der Waals surface area contributed by atoms with Crippen LogP contribution in [0.2, 0.25) is 0 Å². The van der Waals surface area contributed by atoms with Gasteiger partial charge in [0.25, 0.3) is 0 Å². The van der Waals surface area contributed by atoms with Crippen molar-refractivity contribution in [1.29, 1.82) is 0 Å². The number of hydrogen-bond acceptors (Lipinski definition) is 1. The van der Waals surface area contributed by atoms with E-state index in [2.05, 4.69) is 50.4 Å². The highest BCUT2D eigenvalue weighted by Crippen LogP contribution is 2.25. The topological polar surface area (TPSA) is 12.0 Å². The third-order valence-corrected chi connectivity index (χ3v) is 4.08. The summed E-state index contributed by atoms with van der Waals surface area (Å²) >= 11 is 0. The van der Waals surface area contributed by atoms with Crippen molar-refractivity contribution in [1.82, 2.24) is 5.32 Å². The monoisotopic (exact) mass is 231 g/mol. The number of benzene rings is 1. The highest BCUT2D eigenvalue weighted by atomic mass is 14.9. The first-order valence-electron chi connectivity index (χ1n) is 6.98. The summed E-state index contributed by atoms with van der Waals surface area (Å²) in [7, 11) is 0. The molecule has 1 atom stereocenters. The second kappa shape index (κ2) is 5.68. The molecular formula is C16H25N. The molecule has 0 heterocycles. The average Bonchev–Trinajstić information content (AvgIpc) is 2.33. The molecule has 1 N–H and O–H groups in total. The minimum absolute atomic E-state index is 0.481. The lowest BCUT2D eigenvalue weighted by Crippen LogP contribution is -2.34. The van der Waals surface area contributed by atoms with E-state index in [9.17, 15) is 0 Å². The molecule has 0 spiro atoms. The van der Waals surface area contributed by atoms with Crippen molar-refractivity contribution in [2.45, 2.75) is 58.5 Å². The summed E-state index contributed by atoms with van der Waals surface area (Å²) in [6, 6.07) is 10.1. The molecule has 1 aromatic carbocycles. The normalized spacial score (nSPS) is 26.8. The number of aryl methyl sites for hydroxylation is 1. The van der Waals surface area contributed by atoms with Gasteiger partial charge in [0, 0.05) is 12.1 Å². The van der Waals surface area contributed by atoms with Gasteiger partial charge in [0.1, 0.15) is 0 Å². The summed E-state index contributed by atoms with van der Waals surface area (Å²) in [6.45, 7) is 6.80. The van der Waals surface area contributed by atoms with Crippen LogP contribution < -0.4 is 5.32 Å². The fraction of sp³-hybridized carbons (Fsp3) is 0.625.